The van der Waals surface area contributed by atoms with Gasteiger partial charge in [-0.25, -0.2) is 4.79 Å². The number of hydrogen-bond donors (Lipinski definition) is 4. The Balaban J connectivity index is 2.32. The average molecular weight is 340 g/mol. The molecule has 132 valence electrons. The normalized spacial score (nSPS) is 30.6. The molecule has 0 bridgehead atoms. The van der Waals surface area contributed by atoms with Crippen LogP contribution < -0.4 is 11.2 Å². The molecule has 24 heavy (non-hydrogen) atoms. The number of aromatic nitrogens is 2. The van der Waals surface area contributed by atoms with Crippen LogP contribution in [-0.2, 0) is 9.47 Å². The maximum absolute atomic E-state index is 11.9. The number of aliphatic hydroxyl groups is 3. The van der Waals surface area contributed by atoms with Crippen LogP contribution in [0.1, 0.15) is 13.2 Å². The summed E-state index contributed by atoms with van der Waals surface area (Å²) in [5.74, 6) is -2.28. The number of allylic oxidation sites excluding steroid dienone is 3. The minimum atomic E-state index is -2.28. The first-order valence-corrected chi connectivity index (χ1v) is 7.34. The van der Waals surface area contributed by atoms with Crippen LogP contribution in [0, 0.1) is 0 Å². The fraction of sp³-hybridized carbons (Fsp3) is 0.467. The predicted octanol–water partition coefficient (Wildman–Crippen LogP) is -1.38. The Hall–Kier alpha value is -2.04. The van der Waals surface area contributed by atoms with Crippen LogP contribution in [-0.4, -0.2) is 56.1 Å². The highest BCUT2D eigenvalue weighted by molar-refractivity contribution is 5.02. The summed E-state index contributed by atoms with van der Waals surface area (Å²) < 4.78 is 11.6. The second-order valence-corrected chi connectivity index (χ2v) is 5.19. The Morgan fingerprint density at radius 2 is 2.21 bits per heavy atom. The van der Waals surface area contributed by atoms with Crippen molar-refractivity contribution >= 4 is 0 Å². The van der Waals surface area contributed by atoms with E-state index in [0.29, 0.717) is 0 Å². The lowest BCUT2D eigenvalue weighted by molar-refractivity contribution is -0.273. The minimum Gasteiger partial charge on any atom is -0.394 e. The number of aliphatic hydroxyl groups excluding tert-OH is 2. The third-order valence-corrected chi connectivity index (χ3v) is 3.57. The molecule has 1 aliphatic heterocycles. The number of hydrogen-bond acceptors (Lipinski definition) is 7. The van der Waals surface area contributed by atoms with Gasteiger partial charge in [-0.05, 0) is 6.92 Å². The second-order valence-electron chi connectivity index (χ2n) is 5.19. The van der Waals surface area contributed by atoms with Crippen LogP contribution in [0.15, 0.2) is 46.2 Å². The second kappa shape index (κ2) is 7.69. The molecule has 1 aliphatic rings. The molecule has 2 rings (SSSR count). The number of rotatable bonds is 6. The van der Waals surface area contributed by atoms with E-state index in [1.165, 1.54) is 0 Å². The van der Waals surface area contributed by atoms with E-state index >= 15 is 0 Å². The topological polar surface area (TPSA) is 134 Å². The zero-order valence-electron chi connectivity index (χ0n) is 13.0. The first kappa shape index (κ1) is 18.3. The van der Waals surface area contributed by atoms with E-state index in [-0.39, 0.29) is 6.61 Å². The fourth-order valence-electron chi connectivity index (χ4n) is 2.35. The van der Waals surface area contributed by atoms with Crippen molar-refractivity contribution in [2.45, 2.75) is 31.1 Å². The smallest absolute Gasteiger partial charge is 0.330 e. The maximum Gasteiger partial charge on any atom is 0.330 e. The third-order valence-electron chi connectivity index (χ3n) is 3.57. The molecule has 1 aromatic rings. The van der Waals surface area contributed by atoms with Gasteiger partial charge in [0.15, 0.2) is 6.23 Å². The Kier molecular flexibility index (Phi) is 5.86. The molecule has 0 spiro atoms. The van der Waals surface area contributed by atoms with Crippen LogP contribution in [0.3, 0.4) is 0 Å². The van der Waals surface area contributed by atoms with Gasteiger partial charge in [0.25, 0.3) is 5.56 Å². The van der Waals surface area contributed by atoms with Crippen molar-refractivity contribution < 1.29 is 24.8 Å². The van der Waals surface area contributed by atoms with Crippen molar-refractivity contribution in [3.63, 3.8) is 0 Å². The van der Waals surface area contributed by atoms with Crippen molar-refractivity contribution in [3.8, 4) is 0 Å². The van der Waals surface area contributed by atoms with Gasteiger partial charge in [0.05, 0.1) is 13.2 Å². The summed E-state index contributed by atoms with van der Waals surface area (Å²) >= 11 is 0. The molecule has 4 atom stereocenters. The summed E-state index contributed by atoms with van der Waals surface area (Å²) in [5.41, 5.74) is -1.46. The van der Waals surface area contributed by atoms with Crippen LogP contribution in [0.4, 0.5) is 0 Å². The first-order valence-electron chi connectivity index (χ1n) is 7.34. The minimum absolute atomic E-state index is 0.0754. The van der Waals surface area contributed by atoms with Gasteiger partial charge in [0, 0.05) is 12.3 Å². The highest BCUT2D eigenvalue weighted by Crippen LogP contribution is 2.38. The first-order chi connectivity index (χ1) is 11.4. The third kappa shape index (κ3) is 3.55. The summed E-state index contributed by atoms with van der Waals surface area (Å²) in [7, 11) is 0. The van der Waals surface area contributed by atoms with E-state index in [1.54, 1.807) is 24.3 Å². The Labute approximate surface area is 137 Å². The molecular weight excluding hydrogens is 320 g/mol. The fourth-order valence-corrected chi connectivity index (χ4v) is 2.35. The molecule has 0 amide bonds. The lowest BCUT2D eigenvalue weighted by atomic mass is 10.1. The Morgan fingerprint density at radius 1 is 1.46 bits per heavy atom. The van der Waals surface area contributed by atoms with Gasteiger partial charge >= 0.3 is 5.69 Å². The quantitative estimate of drug-likeness (QED) is 0.370. The van der Waals surface area contributed by atoms with E-state index in [1.807, 2.05) is 11.9 Å². The molecule has 1 aromatic heterocycles. The Morgan fingerprint density at radius 3 is 2.83 bits per heavy atom. The maximum atomic E-state index is 11.9. The molecule has 9 nitrogen and oxygen atoms in total. The van der Waals surface area contributed by atoms with Crippen molar-refractivity contribution in [1.82, 2.24) is 9.55 Å². The van der Waals surface area contributed by atoms with Crippen molar-refractivity contribution in [1.29, 1.82) is 0 Å². The van der Waals surface area contributed by atoms with Crippen molar-refractivity contribution in [2.24, 2.45) is 0 Å². The van der Waals surface area contributed by atoms with Crippen LogP contribution >= 0.6 is 0 Å². The van der Waals surface area contributed by atoms with Crippen LogP contribution in [0.25, 0.3) is 0 Å². The zero-order valence-corrected chi connectivity index (χ0v) is 13.0. The number of ether oxygens (including phenoxy) is 2. The zero-order chi connectivity index (χ0) is 17.7. The number of aromatic amines is 1. The van der Waals surface area contributed by atoms with Gasteiger partial charge < -0.3 is 24.8 Å². The van der Waals surface area contributed by atoms with Crippen LogP contribution in [0.2, 0.25) is 0 Å². The largest absolute Gasteiger partial charge is 0.394 e. The highest BCUT2D eigenvalue weighted by atomic mass is 16.7. The standard InChI is InChI=1S/C15H20N2O7/c1-2-3-4-5-8-23-15(22)12(20)10(9-18)24-13(15)17-7-6-11(19)16-14(17)21/h2-7,10,12-13,18,20,22H,8-9H2,1H3,(H,16,19,21)/t10-,12-,13-,15+/m1/s1. The molecule has 0 radical (unpaired) electrons. The number of nitrogens with zero attached hydrogens (tertiary/aromatic N) is 1. The van der Waals surface area contributed by atoms with E-state index < -0.39 is 42.1 Å². The van der Waals surface area contributed by atoms with Gasteiger partial charge in [-0.2, -0.15) is 0 Å². The summed E-state index contributed by atoms with van der Waals surface area (Å²) in [6, 6.07) is 1.07. The predicted molar refractivity (Wildman–Crippen MR) is 83.2 cm³/mol. The molecule has 9 heteroatoms. The number of nitrogens with one attached hydrogen (secondary N) is 1. The average Bonchev–Trinajstić information content (AvgIpc) is 2.79. The van der Waals surface area contributed by atoms with Gasteiger partial charge in [0.1, 0.15) is 12.2 Å². The molecule has 1 fully saturated rings. The molecular formula is C15H20N2O7. The summed E-state index contributed by atoms with van der Waals surface area (Å²) in [4.78, 5) is 25.1. The molecule has 0 unspecified atom stereocenters. The number of H-pyrrole nitrogens is 1. The van der Waals surface area contributed by atoms with E-state index in [0.717, 1.165) is 16.8 Å². The van der Waals surface area contributed by atoms with Crippen molar-refractivity contribution in [3.05, 3.63) is 57.4 Å². The molecule has 2 heterocycles. The van der Waals surface area contributed by atoms with Crippen molar-refractivity contribution in [2.75, 3.05) is 13.2 Å². The van der Waals surface area contributed by atoms with Gasteiger partial charge in [0.2, 0.25) is 5.79 Å². The monoisotopic (exact) mass is 340 g/mol. The Bertz CT molecular complexity index is 723. The van der Waals surface area contributed by atoms with Gasteiger partial charge in [-0.15, -0.1) is 0 Å². The lowest BCUT2D eigenvalue weighted by Gasteiger charge is -2.31. The summed E-state index contributed by atoms with van der Waals surface area (Å²) in [6.45, 7) is 1.17. The SMILES string of the molecule is CC=CC=CCO[C@@]1(O)[C@H](O)[C@@H](CO)O[C@H]1n1ccc(=O)[nH]c1=O. The molecule has 0 aliphatic carbocycles. The van der Waals surface area contributed by atoms with Crippen LogP contribution in [0.5, 0.6) is 0 Å². The van der Waals surface area contributed by atoms with Gasteiger partial charge in [-0.3, -0.25) is 14.3 Å². The highest BCUT2D eigenvalue weighted by Gasteiger charge is 2.57. The molecule has 4 N–H and O–H groups in total. The van der Waals surface area contributed by atoms with E-state index in [2.05, 4.69) is 0 Å². The van der Waals surface area contributed by atoms with Gasteiger partial charge in [-0.1, -0.05) is 24.3 Å². The molecule has 0 saturated carbocycles. The summed E-state index contributed by atoms with van der Waals surface area (Å²) in [5, 5.41) is 30.2. The lowest BCUT2D eigenvalue weighted by Crippen LogP contribution is -2.51. The molecule has 1 saturated heterocycles. The molecule has 0 aromatic carbocycles. The van der Waals surface area contributed by atoms with E-state index in [9.17, 15) is 24.9 Å². The van der Waals surface area contributed by atoms with E-state index in [4.69, 9.17) is 9.47 Å². The summed E-state index contributed by atoms with van der Waals surface area (Å²) in [6.07, 6.45) is 3.73.